The summed E-state index contributed by atoms with van der Waals surface area (Å²) in [7, 11) is 0.0364. The molecule has 0 atom stereocenters. The Morgan fingerprint density at radius 1 is 1.33 bits per heavy atom. The highest BCUT2D eigenvalue weighted by Gasteiger charge is 2.31. The Hall–Kier alpha value is -1.27. The van der Waals surface area contributed by atoms with Crippen molar-refractivity contribution in [1.82, 2.24) is 4.31 Å². The molecule has 0 bridgehead atoms. The fraction of sp³-hybridized carbons (Fsp3) is 0.333. The zero-order chi connectivity index (χ0) is 11.2. The molecule has 0 aromatic heterocycles. The fourth-order valence-electron chi connectivity index (χ4n) is 1.67. The van der Waals surface area contributed by atoms with E-state index in [4.69, 9.17) is 5.73 Å². The molecule has 0 unspecified atom stereocenters. The highest BCUT2D eigenvalue weighted by atomic mass is 32.2. The lowest BCUT2D eigenvalue weighted by Crippen LogP contribution is -2.42. The van der Waals surface area contributed by atoms with Crippen molar-refractivity contribution in [3.8, 4) is 0 Å². The highest BCUT2D eigenvalue weighted by Crippen LogP contribution is 2.32. The van der Waals surface area contributed by atoms with Gasteiger partial charge < -0.3 is 10.6 Å². The minimum Gasteiger partial charge on any atom is -0.399 e. The molecule has 6 heteroatoms. The van der Waals surface area contributed by atoms with E-state index in [2.05, 4.69) is 0 Å². The Morgan fingerprint density at radius 3 is 2.67 bits per heavy atom. The molecule has 0 saturated heterocycles. The van der Waals surface area contributed by atoms with Crippen LogP contribution in [0, 0.1) is 0 Å². The number of sulfonamides is 1. The number of rotatable bonds is 0. The molecular formula is C9H13N3O2S. The molecule has 2 rings (SSSR count). The second-order valence-corrected chi connectivity index (χ2v) is 5.68. The topological polar surface area (TPSA) is 66.6 Å². The first-order valence-corrected chi connectivity index (χ1v) is 5.94. The number of fused-ring (bicyclic) bond motifs is 1. The van der Waals surface area contributed by atoms with Crippen molar-refractivity contribution in [2.45, 2.75) is 4.90 Å². The number of benzene rings is 1. The third kappa shape index (κ3) is 1.46. The van der Waals surface area contributed by atoms with Gasteiger partial charge in [-0.1, -0.05) is 0 Å². The summed E-state index contributed by atoms with van der Waals surface area (Å²) < 4.78 is 25.2. The van der Waals surface area contributed by atoms with Crippen molar-refractivity contribution < 1.29 is 8.42 Å². The zero-order valence-electron chi connectivity index (χ0n) is 8.64. The normalized spacial score (nSPS) is 20.0. The first-order chi connectivity index (χ1) is 6.93. The molecule has 0 fully saturated rings. The molecule has 0 radical (unpaired) electrons. The van der Waals surface area contributed by atoms with Crippen molar-refractivity contribution >= 4 is 21.4 Å². The molecule has 1 aliphatic heterocycles. The molecular weight excluding hydrogens is 214 g/mol. The molecule has 0 aliphatic carbocycles. The smallest absolute Gasteiger partial charge is 0.246 e. The van der Waals surface area contributed by atoms with Crippen LogP contribution in [0.15, 0.2) is 23.1 Å². The van der Waals surface area contributed by atoms with E-state index in [9.17, 15) is 8.42 Å². The lowest BCUT2D eigenvalue weighted by Gasteiger charge is -2.33. The van der Waals surface area contributed by atoms with Crippen LogP contribution < -0.4 is 10.6 Å². The monoisotopic (exact) mass is 227 g/mol. The number of anilines is 2. The van der Waals surface area contributed by atoms with E-state index >= 15 is 0 Å². The van der Waals surface area contributed by atoms with Crippen LogP contribution >= 0.6 is 0 Å². The van der Waals surface area contributed by atoms with E-state index < -0.39 is 10.0 Å². The molecule has 5 nitrogen and oxygen atoms in total. The van der Waals surface area contributed by atoms with Crippen LogP contribution in [-0.2, 0) is 10.0 Å². The van der Waals surface area contributed by atoms with Gasteiger partial charge in [-0.3, -0.25) is 0 Å². The summed E-state index contributed by atoms with van der Waals surface area (Å²) in [6.45, 7) is 0.360. The molecule has 0 saturated carbocycles. The van der Waals surface area contributed by atoms with Gasteiger partial charge in [0.1, 0.15) is 4.90 Å². The van der Waals surface area contributed by atoms with Crippen molar-refractivity contribution in [3.63, 3.8) is 0 Å². The predicted octanol–water partition coefficient (Wildman–Crippen LogP) is 0.297. The third-order valence-electron chi connectivity index (χ3n) is 2.49. The fourth-order valence-corrected chi connectivity index (χ4v) is 3.11. The van der Waals surface area contributed by atoms with Gasteiger partial charge in [0.05, 0.1) is 12.4 Å². The lowest BCUT2D eigenvalue weighted by atomic mass is 10.2. The van der Waals surface area contributed by atoms with Gasteiger partial charge in [0.15, 0.2) is 0 Å². The summed E-state index contributed by atoms with van der Waals surface area (Å²) in [6.07, 6.45) is 0. The summed E-state index contributed by atoms with van der Waals surface area (Å²) in [4.78, 5) is 2.15. The van der Waals surface area contributed by atoms with Gasteiger partial charge in [0.25, 0.3) is 0 Å². The largest absolute Gasteiger partial charge is 0.399 e. The summed E-state index contributed by atoms with van der Waals surface area (Å²) in [5.41, 5.74) is 6.75. The molecule has 0 spiro atoms. The van der Waals surface area contributed by atoms with E-state index in [0.29, 0.717) is 18.0 Å². The molecule has 0 amide bonds. The minimum absolute atomic E-state index is 0.277. The van der Waals surface area contributed by atoms with E-state index in [1.807, 2.05) is 11.9 Å². The molecule has 15 heavy (non-hydrogen) atoms. The van der Waals surface area contributed by atoms with Crippen LogP contribution in [0.1, 0.15) is 0 Å². The molecule has 1 aromatic carbocycles. The summed E-state index contributed by atoms with van der Waals surface area (Å²) in [5, 5.41) is 0. The molecule has 82 valence electrons. The van der Waals surface area contributed by atoms with Crippen LogP contribution in [0.4, 0.5) is 11.4 Å². The molecule has 1 aromatic rings. The van der Waals surface area contributed by atoms with E-state index in [1.165, 1.54) is 10.4 Å². The van der Waals surface area contributed by atoms with Gasteiger partial charge >= 0.3 is 0 Å². The van der Waals surface area contributed by atoms with E-state index in [0.717, 1.165) is 0 Å². The van der Waals surface area contributed by atoms with Gasteiger partial charge in [-0.25, -0.2) is 8.42 Å². The Morgan fingerprint density at radius 2 is 2.00 bits per heavy atom. The number of nitrogens with zero attached hydrogens (tertiary/aromatic N) is 2. The standard InChI is InChI=1S/C9H13N3O2S/c1-11-6-12(2)15(13,14)9-5-7(10)3-4-8(9)11/h3-5H,6,10H2,1-2H3. The van der Waals surface area contributed by atoms with Gasteiger partial charge in [-0.2, -0.15) is 4.31 Å². The first kappa shape index (κ1) is 10.3. The second-order valence-electron chi connectivity index (χ2n) is 3.67. The van der Waals surface area contributed by atoms with Crippen LogP contribution in [0.25, 0.3) is 0 Å². The zero-order valence-corrected chi connectivity index (χ0v) is 9.45. The van der Waals surface area contributed by atoms with E-state index in [-0.39, 0.29) is 4.90 Å². The van der Waals surface area contributed by atoms with Crippen molar-refractivity contribution in [2.75, 3.05) is 31.4 Å². The maximum absolute atomic E-state index is 11.9. The summed E-state index contributed by atoms with van der Waals surface area (Å²) >= 11 is 0. The Bertz CT molecular complexity index is 498. The Balaban J connectivity index is 2.72. The minimum atomic E-state index is -3.36. The predicted molar refractivity (Wildman–Crippen MR) is 59.1 cm³/mol. The number of hydrogen-bond acceptors (Lipinski definition) is 4. The Kier molecular flexibility index (Phi) is 2.13. The quantitative estimate of drug-likeness (QED) is 0.647. The highest BCUT2D eigenvalue weighted by molar-refractivity contribution is 7.89. The van der Waals surface area contributed by atoms with Gasteiger partial charge in [-0.05, 0) is 18.2 Å². The number of hydrogen-bond donors (Lipinski definition) is 1. The van der Waals surface area contributed by atoms with Crippen LogP contribution in [0.2, 0.25) is 0 Å². The summed E-state index contributed by atoms with van der Waals surface area (Å²) in [5.74, 6) is 0. The molecule has 1 heterocycles. The number of nitrogens with two attached hydrogens (primary N) is 1. The SMILES string of the molecule is CN1CN(C)S(=O)(=O)c2cc(N)ccc21. The van der Waals surface area contributed by atoms with E-state index in [1.54, 1.807) is 19.2 Å². The van der Waals surface area contributed by atoms with Crippen molar-refractivity contribution in [1.29, 1.82) is 0 Å². The second kappa shape index (κ2) is 3.11. The number of nitrogen functional groups attached to an aromatic ring is 1. The van der Waals surface area contributed by atoms with Gasteiger partial charge in [-0.15, -0.1) is 0 Å². The molecule has 1 aliphatic rings. The maximum Gasteiger partial charge on any atom is 0.246 e. The van der Waals surface area contributed by atoms with Crippen LogP contribution in [-0.4, -0.2) is 33.5 Å². The van der Waals surface area contributed by atoms with Gasteiger partial charge in [0.2, 0.25) is 10.0 Å². The first-order valence-electron chi connectivity index (χ1n) is 4.50. The maximum atomic E-state index is 11.9. The van der Waals surface area contributed by atoms with Gasteiger partial charge in [0, 0.05) is 19.8 Å². The average molecular weight is 227 g/mol. The lowest BCUT2D eigenvalue weighted by molar-refractivity contribution is 0.459. The van der Waals surface area contributed by atoms with Crippen molar-refractivity contribution in [3.05, 3.63) is 18.2 Å². The molecule has 2 N–H and O–H groups in total. The Labute approximate surface area is 89.1 Å². The third-order valence-corrected chi connectivity index (χ3v) is 4.31. The van der Waals surface area contributed by atoms with Crippen LogP contribution in [0.5, 0.6) is 0 Å². The van der Waals surface area contributed by atoms with Crippen LogP contribution in [0.3, 0.4) is 0 Å². The van der Waals surface area contributed by atoms with Crippen molar-refractivity contribution in [2.24, 2.45) is 0 Å². The average Bonchev–Trinajstić information content (AvgIpc) is 2.15. The summed E-state index contributed by atoms with van der Waals surface area (Å²) in [6, 6.07) is 4.93.